The van der Waals surface area contributed by atoms with E-state index in [0.29, 0.717) is 17.7 Å². The number of methoxy groups -OCH3 is 1. The molecule has 0 unspecified atom stereocenters. The van der Waals surface area contributed by atoms with E-state index in [1.807, 2.05) is 7.05 Å². The van der Waals surface area contributed by atoms with Gasteiger partial charge in [0.05, 0.1) is 18.4 Å². The molecule has 5 heteroatoms. The van der Waals surface area contributed by atoms with Crippen molar-refractivity contribution in [2.45, 2.75) is 12.8 Å². The van der Waals surface area contributed by atoms with Crippen molar-refractivity contribution in [2.24, 2.45) is 0 Å². The molecule has 0 radical (unpaired) electrons. The molecule has 0 fully saturated rings. The topological polar surface area (TPSA) is 67.4 Å². The number of ether oxygens (including phenoxy) is 1. The molecular weight excluding hydrogens is 232 g/mol. The molecule has 1 aromatic rings. The van der Waals surface area contributed by atoms with Crippen LogP contribution in [0.1, 0.15) is 23.2 Å². The van der Waals surface area contributed by atoms with Crippen LogP contribution in [0.25, 0.3) is 0 Å². The molecule has 2 N–H and O–H groups in total. The summed E-state index contributed by atoms with van der Waals surface area (Å²) >= 11 is 0. The number of carbonyl (C=O) groups excluding carboxylic acids is 2. The summed E-state index contributed by atoms with van der Waals surface area (Å²) in [5.41, 5.74) is 0.848. The van der Waals surface area contributed by atoms with Crippen LogP contribution in [-0.4, -0.2) is 32.6 Å². The third-order valence-electron chi connectivity index (χ3n) is 2.44. The zero-order valence-electron chi connectivity index (χ0n) is 10.7. The first kappa shape index (κ1) is 14.2. The molecule has 0 spiro atoms. The summed E-state index contributed by atoms with van der Waals surface area (Å²) in [7, 11) is 3.15. The Morgan fingerprint density at radius 1 is 1.28 bits per heavy atom. The van der Waals surface area contributed by atoms with Crippen LogP contribution in [0.15, 0.2) is 24.3 Å². The first-order valence-corrected chi connectivity index (χ1v) is 5.81. The summed E-state index contributed by atoms with van der Waals surface area (Å²) in [5, 5.41) is 5.69. The number of rotatable bonds is 6. The molecule has 0 atom stereocenters. The van der Waals surface area contributed by atoms with Crippen LogP contribution >= 0.6 is 0 Å². The number of para-hydroxylation sites is 1. The van der Waals surface area contributed by atoms with Crippen molar-refractivity contribution in [1.82, 2.24) is 5.32 Å². The van der Waals surface area contributed by atoms with Crippen molar-refractivity contribution >= 4 is 17.6 Å². The molecule has 1 rings (SSSR count). The number of amides is 1. The molecular formula is C13H18N2O3. The standard InChI is InChI=1S/C13H18N2O3/c1-14-9-5-8-12(16)15-11-7-4-3-6-10(11)13(17)18-2/h3-4,6-7,14H,5,8-9H2,1-2H3,(H,15,16). The SMILES string of the molecule is CNCCCC(=O)Nc1ccccc1C(=O)OC. The summed E-state index contributed by atoms with van der Waals surface area (Å²) in [6.07, 6.45) is 1.17. The number of anilines is 1. The van der Waals surface area contributed by atoms with Crippen LogP contribution in [0.2, 0.25) is 0 Å². The lowest BCUT2D eigenvalue weighted by atomic mass is 10.1. The van der Waals surface area contributed by atoms with Crippen molar-refractivity contribution in [3.8, 4) is 0 Å². The van der Waals surface area contributed by atoms with E-state index in [1.165, 1.54) is 7.11 Å². The fraction of sp³-hybridized carbons (Fsp3) is 0.385. The normalized spacial score (nSPS) is 9.89. The highest BCUT2D eigenvalue weighted by Gasteiger charge is 2.12. The van der Waals surface area contributed by atoms with Gasteiger partial charge in [0, 0.05) is 6.42 Å². The summed E-state index contributed by atoms with van der Waals surface area (Å²) < 4.78 is 4.66. The lowest BCUT2D eigenvalue weighted by molar-refractivity contribution is -0.116. The van der Waals surface area contributed by atoms with Gasteiger partial charge < -0.3 is 15.4 Å². The molecule has 1 amide bonds. The molecule has 0 saturated heterocycles. The Morgan fingerprint density at radius 3 is 2.67 bits per heavy atom. The van der Waals surface area contributed by atoms with E-state index in [4.69, 9.17) is 0 Å². The zero-order chi connectivity index (χ0) is 13.4. The maximum absolute atomic E-state index is 11.7. The van der Waals surface area contributed by atoms with Gasteiger partial charge in [0.15, 0.2) is 0 Å². The smallest absolute Gasteiger partial charge is 0.339 e. The fourth-order valence-corrected chi connectivity index (χ4v) is 1.52. The van der Waals surface area contributed by atoms with Crippen LogP contribution in [0.5, 0.6) is 0 Å². The van der Waals surface area contributed by atoms with E-state index in [1.54, 1.807) is 24.3 Å². The van der Waals surface area contributed by atoms with Crippen LogP contribution in [0.4, 0.5) is 5.69 Å². The van der Waals surface area contributed by atoms with Crippen LogP contribution in [0, 0.1) is 0 Å². The third kappa shape index (κ3) is 4.18. The van der Waals surface area contributed by atoms with Crippen LogP contribution in [0.3, 0.4) is 0 Å². The Balaban J connectivity index is 2.66. The van der Waals surface area contributed by atoms with Gasteiger partial charge in [-0.2, -0.15) is 0 Å². The predicted molar refractivity (Wildman–Crippen MR) is 69.6 cm³/mol. The summed E-state index contributed by atoms with van der Waals surface area (Å²) in [6.45, 7) is 0.784. The van der Waals surface area contributed by atoms with Gasteiger partial charge in [0.1, 0.15) is 0 Å². The van der Waals surface area contributed by atoms with Gasteiger partial charge in [0.2, 0.25) is 5.91 Å². The third-order valence-corrected chi connectivity index (χ3v) is 2.44. The second-order valence-corrected chi connectivity index (χ2v) is 3.79. The first-order valence-electron chi connectivity index (χ1n) is 5.81. The molecule has 0 heterocycles. The molecule has 98 valence electrons. The van der Waals surface area contributed by atoms with E-state index in [-0.39, 0.29) is 5.91 Å². The number of benzene rings is 1. The molecule has 18 heavy (non-hydrogen) atoms. The quantitative estimate of drug-likeness (QED) is 0.591. The van der Waals surface area contributed by atoms with Crippen molar-refractivity contribution in [1.29, 1.82) is 0 Å². The second kappa shape index (κ2) is 7.45. The predicted octanol–water partition coefficient (Wildman–Crippen LogP) is 1.41. The Kier molecular flexibility index (Phi) is 5.87. The first-order chi connectivity index (χ1) is 8.69. The Bertz CT molecular complexity index is 418. The monoisotopic (exact) mass is 250 g/mol. The number of hydrogen-bond donors (Lipinski definition) is 2. The number of esters is 1. The minimum absolute atomic E-state index is 0.110. The van der Waals surface area contributed by atoms with Gasteiger partial charge in [-0.05, 0) is 32.1 Å². The average Bonchev–Trinajstić information content (AvgIpc) is 2.39. The largest absolute Gasteiger partial charge is 0.465 e. The van der Waals surface area contributed by atoms with Gasteiger partial charge in [-0.1, -0.05) is 12.1 Å². The number of hydrogen-bond acceptors (Lipinski definition) is 4. The van der Waals surface area contributed by atoms with Gasteiger partial charge in [-0.15, -0.1) is 0 Å². The van der Waals surface area contributed by atoms with Crippen molar-refractivity contribution < 1.29 is 14.3 Å². The lowest BCUT2D eigenvalue weighted by Gasteiger charge is -2.09. The zero-order valence-corrected chi connectivity index (χ0v) is 10.7. The highest BCUT2D eigenvalue weighted by atomic mass is 16.5. The van der Waals surface area contributed by atoms with Crippen molar-refractivity contribution in [2.75, 3.05) is 26.0 Å². The van der Waals surface area contributed by atoms with Gasteiger partial charge in [-0.3, -0.25) is 4.79 Å². The minimum atomic E-state index is -0.457. The minimum Gasteiger partial charge on any atom is -0.465 e. The molecule has 5 nitrogen and oxygen atoms in total. The van der Waals surface area contributed by atoms with E-state index in [9.17, 15) is 9.59 Å². The van der Waals surface area contributed by atoms with E-state index in [0.717, 1.165) is 13.0 Å². The van der Waals surface area contributed by atoms with Gasteiger partial charge >= 0.3 is 5.97 Å². The molecule has 0 bridgehead atoms. The maximum Gasteiger partial charge on any atom is 0.339 e. The maximum atomic E-state index is 11.7. The Labute approximate surface area is 107 Å². The average molecular weight is 250 g/mol. The Hall–Kier alpha value is -1.88. The van der Waals surface area contributed by atoms with E-state index >= 15 is 0 Å². The fourth-order valence-electron chi connectivity index (χ4n) is 1.52. The van der Waals surface area contributed by atoms with Gasteiger partial charge in [0.25, 0.3) is 0 Å². The summed E-state index contributed by atoms with van der Waals surface area (Å²) in [5.74, 6) is -0.567. The molecule has 0 aliphatic carbocycles. The number of nitrogens with one attached hydrogen (secondary N) is 2. The lowest BCUT2D eigenvalue weighted by Crippen LogP contribution is -2.17. The molecule has 0 saturated carbocycles. The molecule has 1 aromatic carbocycles. The number of carbonyl (C=O) groups is 2. The van der Waals surface area contributed by atoms with E-state index < -0.39 is 5.97 Å². The molecule has 0 aliphatic heterocycles. The summed E-state index contributed by atoms with van der Waals surface area (Å²) in [4.78, 5) is 23.2. The highest BCUT2D eigenvalue weighted by Crippen LogP contribution is 2.16. The van der Waals surface area contributed by atoms with E-state index in [2.05, 4.69) is 15.4 Å². The summed E-state index contributed by atoms with van der Waals surface area (Å²) in [6, 6.07) is 6.79. The van der Waals surface area contributed by atoms with Gasteiger partial charge in [-0.25, -0.2) is 4.79 Å². The van der Waals surface area contributed by atoms with Crippen LogP contribution < -0.4 is 10.6 Å². The highest BCUT2D eigenvalue weighted by molar-refractivity contribution is 6.01. The molecule has 0 aliphatic rings. The van der Waals surface area contributed by atoms with Crippen molar-refractivity contribution in [3.63, 3.8) is 0 Å². The Morgan fingerprint density at radius 2 is 2.00 bits per heavy atom. The van der Waals surface area contributed by atoms with Crippen LogP contribution in [-0.2, 0) is 9.53 Å². The second-order valence-electron chi connectivity index (χ2n) is 3.79. The van der Waals surface area contributed by atoms with Crippen molar-refractivity contribution in [3.05, 3.63) is 29.8 Å². The molecule has 0 aromatic heterocycles.